The van der Waals surface area contributed by atoms with Crippen LogP contribution in [0.25, 0.3) is 0 Å². The third-order valence-electron chi connectivity index (χ3n) is 2.59. The molecule has 1 aromatic heterocycles. The molecule has 0 amide bonds. The number of benzene rings is 1. The van der Waals surface area contributed by atoms with Crippen LogP contribution in [-0.4, -0.2) is 17.0 Å². The van der Waals surface area contributed by atoms with Crippen LogP contribution in [0, 0.1) is 0 Å². The lowest BCUT2D eigenvalue weighted by molar-refractivity contribution is 0.886. The molecule has 0 atom stereocenters. The molecular weight excluding hydrogens is 212 g/mol. The number of hydrogen-bond donors (Lipinski definition) is 1. The zero-order valence-electron chi connectivity index (χ0n) is 9.87. The van der Waals surface area contributed by atoms with Crippen LogP contribution >= 0.6 is 0 Å². The van der Waals surface area contributed by atoms with Crippen molar-refractivity contribution in [3.05, 3.63) is 54.0 Å². The van der Waals surface area contributed by atoms with Crippen molar-refractivity contribution in [2.75, 3.05) is 11.9 Å². The molecule has 0 aliphatic carbocycles. The van der Waals surface area contributed by atoms with Crippen LogP contribution in [0.3, 0.4) is 0 Å². The Bertz CT molecular complexity index is 470. The molecular formula is C13H16N4. The molecule has 0 spiro atoms. The molecule has 4 nitrogen and oxygen atoms in total. The van der Waals surface area contributed by atoms with E-state index in [1.807, 2.05) is 19.2 Å². The van der Waals surface area contributed by atoms with Crippen molar-refractivity contribution >= 4 is 5.82 Å². The summed E-state index contributed by atoms with van der Waals surface area (Å²) in [7, 11) is 2.00. The highest BCUT2D eigenvalue weighted by Crippen LogP contribution is 2.11. The zero-order chi connectivity index (χ0) is 12.1. The largest absolute Gasteiger partial charge is 0.354 e. The molecule has 0 bridgehead atoms. The minimum absolute atomic E-state index is 0.572. The fourth-order valence-corrected chi connectivity index (χ4v) is 1.70. The highest BCUT2D eigenvalue weighted by Gasteiger charge is 2.03. The van der Waals surface area contributed by atoms with Gasteiger partial charge in [-0.3, -0.25) is 4.98 Å². The first-order valence-corrected chi connectivity index (χ1v) is 5.54. The first-order valence-electron chi connectivity index (χ1n) is 5.54. The first-order chi connectivity index (χ1) is 8.29. The Balaban J connectivity index is 2.10. The first kappa shape index (κ1) is 11.5. The maximum absolute atomic E-state index is 5.62. The van der Waals surface area contributed by atoms with Crippen molar-refractivity contribution in [2.24, 2.45) is 5.73 Å². The average Bonchev–Trinajstić information content (AvgIpc) is 2.40. The SMILES string of the molecule is CN(Cc1cccc(CN)c1)c1cnccn1. The van der Waals surface area contributed by atoms with E-state index in [0.717, 1.165) is 17.9 Å². The summed E-state index contributed by atoms with van der Waals surface area (Å²) in [6.07, 6.45) is 5.13. The second kappa shape index (κ2) is 5.41. The molecule has 2 aromatic rings. The lowest BCUT2D eigenvalue weighted by atomic mass is 10.1. The number of nitrogens with two attached hydrogens (primary N) is 1. The van der Waals surface area contributed by atoms with Gasteiger partial charge in [0.2, 0.25) is 0 Å². The molecule has 0 aliphatic rings. The summed E-state index contributed by atoms with van der Waals surface area (Å²) in [6, 6.07) is 8.27. The highest BCUT2D eigenvalue weighted by molar-refractivity contribution is 5.36. The van der Waals surface area contributed by atoms with Crippen LogP contribution in [0.2, 0.25) is 0 Å². The summed E-state index contributed by atoms with van der Waals surface area (Å²) in [5.41, 5.74) is 8.00. The summed E-state index contributed by atoms with van der Waals surface area (Å²) in [4.78, 5) is 10.4. The lowest BCUT2D eigenvalue weighted by Gasteiger charge is -2.17. The standard InChI is InChI=1S/C13H16N4/c1-17(13-9-15-5-6-16-13)10-12-4-2-3-11(7-12)8-14/h2-7,9H,8,10,14H2,1H3. The molecule has 2 N–H and O–H groups in total. The van der Waals surface area contributed by atoms with Crippen LogP contribution in [-0.2, 0) is 13.1 Å². The summed E-state index contributed by atoms with van der Waals surface area (Å²) in [6.45, 7) is 1.37. The van der Waals surface area contributed by atoms with Gasteiger partial charge in [-0.2, -0.15) is 0 Å². The third-order valence-corrected chi connectivity index (χ3v) is 2.59. The molecule has 4 heteroatoms. The second-order valence-corrected chi connectivity index (χ2v) is 3.94. The summed E-state index contributed by atoms with van der Waals surface area (Å²) >= 11 is 0. The normalized spacial score (nSPS) is 10.2. The van der Waals surface area contributed by atoms with Crippen molar-refractivity contribution < 1.29 is 0 Å². The Kier molecular flexibility index (Phi) is 3.67. The molecule has 1 aromatic carbocycles. The van der Waals surface area contributed by atoms with Crippen molar-refractivity contribution in [2.45, 2.75) is 13.1 Å². The zero-order valence-corrected chi connectivity index (χ0v) is 9.87. The molecule has 0 saturated carbocycles. The van der Waals surface area contributed by atoms with Gasteiger partial charge in [0, 0.05) is 32.5 Å². The predicted octanol–water partition coefficient (Wildman–Crippen LogP) is 1.57. The van der Waals surface area contributed by atoms with Crippen molar-refractivity contribution in [1.82, 2.24) is 9.97 Å². The monoisotopic (exact) mass is 228 g/mol. The molecule has 0 fully saturated rings. The van der Waals surface area contributed by atoms with Gasteiger partial charge in [0.05, 0.1) is 6.20 Å². The Labute approximate surface area is 101 Å². The van der Waals surface area contributed by atoms with Crippen LogP contribution in [0.15, 0.2) is 42.9 Å². The Morgan fingerprint density at radius 1 is 1.24 bits per heavy atom. The van der Waals surface area contributed by atoms with Crippen molar-refractivity contribution in [1.29, 1.82) is 0 Å². The van der Waals surface area contributed by atoms with E-state index in [2.05, 4.69) is 27.0 Å². The number of nitrogens with zero attached hydrogens (tertiary/aromatic N) is 3. The molecule has 0 unspecified atom stereocenters. The maximum Gasteiger partial charge on any atom is 0.147 e. The number of anilines is 1. The van der Waals surface area contributed by atoms with E-state index in [-0.39, 0.29) is 0 Å². The van der Waals surface area contributed by atoms with Gasteiger partial charge in [-0.05, 0) is 11.1 Å². The number of aromatic nitrogens is 2. The van der Waals surface area contributed by atoms with E-state index in [1.54, 1.807) is 18.6 Å². The van der Waals surface area contributed by atoms with E-state index < -0.39 is 0 Å². The van der Waals surface area contributed by atoms with Gasteiger partial charge in [0.1, 0.15) is 5.82 Å². The second-order valence-electron chi connectivity index (χ2n) is 3.94. The number of rotatable bonds is 4. The van der Waals surface area contributed by atoms with E-state index in [4.69, 9.17) is 5.73 Å². The fourth-order valence-electron chi connectivity index (χ4n) is 1.70. The van der Waals surface area contributed by atoms with E-state index in [1.165, 1.54) is 5.56 Å². The lowest BCUT2D eigenvalue weighted by Crippen LogP contribution is -2.17. The average molecular weight is 228 g/mol. The van der Waals surface area contributed by atoms with E-state index in [0.29, 0.717) is 6.54 Å². The van der Waals surface area contributed by atoms with Gasteiger partial charge in [-0.25, -0.2) is 4.98 Å². The Morgan fingerprint density at radius 2 is 2.06 bits per heavy atom. The van der Waals surface area contributed by atoms with Crippen LogP contribution in [0.5, 0.6) is 0 Å². The van der Waals surface area contributed by atoms with Gasteiger partial charge < -0.3 is 10.6 Å². The smallest absolute Gasteiger partial charge is 0.147 e. The van der Waals surface area contributed by atoms with Gasteiger partial charge in [-0.15, -0.1) is 0 Å². The molecule has 88 valence electrons. The molecule has 2 rings (SSSR count). The minimum atomic E-state index is 0.572. The molecule has 1 heterocycles. The van der Waals surface area contributed by atoms with Gasteiger partial charge in [-0.1, -0.05) is 24.3 Å². The minimum Gasteiger partial charge on any atom is -0.354 e. The van der Waals surface area contributed by atoms with Crippen LogP contribution in [0.4, 0.5) is 5.82 Å². The highest BCUT2D eigenvalue weighted by atomic mass is 15.2. The topological polar surface area (TPSA) is 55.0 Å². The third kappa shape index (κ3) is 3.01. The maximum atomic E-state index is 5.62. The van der Waals surface area contributed by atoms with Gasteiger partial charge in [0.15, 0.2) is 0 Å². The van der Waals surface area contributed by atoms with E-state index in [9.17, 15) is 0 Å². The van der Waals surface area contributed by atoms with Crippen molar-refractivity contribution in [3.8, 4) is 0 Å². The van der Waals surface area contributed by atoms with Gasteiger partial charge >= 0.3 is 0 Å². The fraction of sp³-hybridized carbons (Fsp3) is 0.231. The predicted molar refractivity (Wildman–Crippen MR) is 68.5 cm³/mol. The summed E-state index contributed by atoms with van der Waals surface area (Å²) in [5, 5.41) is 0. The molecule has 0 radical (unpaired) electrons. The summed E-state index contributed by atoms with van der Waals surface area (Å²) < 4.78 is 0. The molecule has 17 heavy (non-hydrogen) atoms. The Morgan fingerprint density at radius 3 is 2.76 bits per heavy atom. The number of hydrogen-bond acceptors (Lipinski definition) is 4. The Hall–Kier alpha value is -1.94. The van der Waals surface area contributed by atoms with Crippen LogP contribution < -0.4 is 10.6 Å². The summed E-state index contributed by atoms with van der Waals surface area (Å²) in [5.74, 6) is 0.866. The van der Waals surface area contributed by atoms with Crippen molar-refractivity contribution in [3.63, 3.8) is 0 Å². The molecule has 0 saturated heterocycles. The quantitative estimate of drug-likeness (QED) is 0.863. The van der Waals surface area contributed by atoms with Gasteiger partial charge in [0.25, 0.3) is 0 Å². The molecule has 0 aliphatic heterocycles. The van der Waals surface area contributed by atoms with Crippen LogP contribution in [0.1, 0.15) is 11.1 Å². The van der Waals surface area contributed by atoms with E-state index >= 15 is 0 Å².